The molecule has 0 aliphatic carbocycles. The fourth-order valence-corrected chi connectivity index (χ4v) is 2.61. The molecule has 1 aliphatic rings. The van der Waals surface area contributed by atoms with E-state index in [0.29, 0.717) is 17.1 Å². The highest BCUT2D eigenvalue weighted by Gasteiger charge is 2.20. The number of hydrogen-bond donors (Lipinski definition) is 3. The maximum atomic E-state index is 12.5. The third kappa shape index (κ3) is 2.92. The van der Waals surface area contributed by atoms with Crippen molar-refractivity contribution in [2.75, 3.05) is 43.5 Å². The van der Waals surface area contributed by atoms with E-state index >= 15 is 0 Å². The van der Waals surface area contributed by atoms with Gasteiger partial charge in [0.25, 0.3) is 5.56 Å². The van der Waals surface area contributed by atoms with Crippen LogP contribution in [0.25, 0.3) is 11.2 Å². The van der Waals surface area contributed by atoms with E-state index in [1.54, 1.807) is 14.0 Å². The van der Waals surface area contributed by atoms with E-state index < -0.39 is 12.0 Å². The lowest BCUT2D eigenvalue weighted by atomic mass is 10.3. The fraction of sp³-hybridized carbons (Fsp3) is 0.571. The highest BCUT2D eigenvalue weighted by atomic mass is 16.5. The number of nitrogens with zero attached hydrogens (tertiary/aromatic N) is 4. The van der Waals surface area contributed by atoms with Gasteiger partial charge >= 0.3 is 5.97 Å². The van der Waals surface area contributed by atoms with Gasteiger partial charge in [-0.05, 0) is 6.92 Å². The number of piperazine rings is 1. The van der Waals surface area contributed by atoms with Crippen molar-refractivity contribution >= 4 is 29.0 Å². The van der Waals surface area contributed by atoms with Crippen LogP contribution in [0.1, 0.15) is 6.92 Å². The summed E-state index contributed by atoms with van der Waals surface area (Å²) < 4.78 is 6.02. The Morgan fingerprint density at radius 1 is 1.33 bits per heavy atom. The van der Waals surface area contributed by atoms with Crippen LogP contribution in [0.5, 0.6) is 0 Å². The molecule has 130 valence electrons. The standard InChI is InChI=1S/C14H21N7O3/c1-8(12(23)24-3)16-13-18-10-9(11(22)20(13)2)17-14(19-10)21-6-4-15-5-7-21/h8,15H,4-7H2,1-3H3,(H,16,18)(H,17,19). The van der Waals surface area contributed by atoms with Crippen LogP contribution in [-0.2, 0) is 16.6 Å². The summed E-state index contributed by atoms with van der Waals surface area (Å²) in [6, 6.07) is -0.628. The highest BCUT2D eigenvalue weighted by Crippen LogP contribution is 2.15. The van der Waals surface area contributed by atoms with Crippen LogP contribution in [0.4, 0.5) is 11.9 Å². The van der Waals surface area contributed by atoms with Gasteiger partial charge in [-0.3, -0.25) is 9.36 Å². The zero-order valence-electron chi connectivity index (χ0n) is 13.9. The molecule has 0 spiro atoms. The second kappa shape index (κ2) is 6.48. The van der Waals surface area contributed by atoms with E-state index in [1.807, 2.05) is 0 Å². The number of hydrogen-bond acceptors (Lipinski definition) is 8. The van der Waals surface area contributed by atoms with Crippen molar-refractivity contribution in [3.05, 3.63) is 10.4 Å². The van der Waals surface area contributed by atoms with E-state index in [2.05, 4.69) is 35.2 Å². The molecule has 10 heteroatoms. The van der Waals surface area contributed by atoms with Gasteiger partial charge in [0.1, 0.15) is 6.04 Å². The Morgan fingerprint density at radius 2 is 2.04 bits per heavy atom. The molecule has 0 amide bonds. The second-order valence-corrected chi connectivity index (χ2v) is 5.68. The Bertz CT molecular complexity index is 807. The summed E-state index contributed by atoms with van der Waals surface area (Å²) in [6.07, 6.45) is 0. The highest BCUT2D eigenvalue weighted by molar-refractivity contribution is 5.79. The maximum absolute atomic E-state index is 12.5. The molecule has 0 saturated carbocycles. The third-order valence-corrected chi connectivity index (χ3v) is 4.04. The van der Waals surface area contributed by atoms with Crippen LogP contribution in [-0.4, -0.2) is 64.8 Å². The number of carbonyl (C=O) groups is 1. The summed E-state index contributed by atoms with van der Waals surface area (Å²) in [5.74, 6) is 0.464. The van der Waals surface area contributed by atoms with E-state index in [1.165, 1.54) is 11.7 Å². The summed E-state index contributed by atoms with van der Waals surface area (Å²) in [5, 5.41) is 6.15. The number of nitrogens with one attached hydrogen (secondary N) is 3. The summed E-state index contributed by atoms with van der Waals surface area (Å²) in [4.78, 5) is 38.0. The molecule has 1 atom stereocenters. The molecule has 3 rings (SSSR count). The van der Waals surface area contributed by atoms with Crippen LogP contribution in [0.3, 0.4) is 0 Å². The van der Waals surface area contributed by atoms with Gasteiger partial charge in [0.2, 0.25) is 11.9 Å². The summed E-state index contributed by atoms with van der Waals surface area (Å²) in [5.41, 5.74) is 0.418. The topological polar surface area (TPSA) is 117 Å². The van der Waals surface area contributed by atoms with Gasteiger partial charge in [0, 0.05) is 33.2 Å². The number of fused-ring (bicyclic) bond motifs is 1. The Hall–Kier alpha value is -2.62. The van der Waals surface area contributed by atoms with Crippen LogP contribution in [0.2, 0.25) is 0 Å². The Balaban J connectivity index is 1.96. The molecule has 0 aromatic carbocycles. The minimum atomic E-state index is -0.628. The summed E-state index contributed by atoms with van der Waals surface area (Å²) in [7, 11) is 2.90. The number of esters is 1. The SMILES string of the molecule is COC(=O)C(C)Nc1nc2nc(N3CCNCC3)[nH]c2c(=O)n1C. The first kappa shape index (κ1) is 16.2. The van der Waals surface area contributed by atoms with Crippen molar-refractivity contribution in [2.45, 2.75) is 13.0 Å². The van der Waals surface area contributed by atoms with Gasteiger partial charge < -0.3 is 25.3 Å². The number of imidazole rings is 1. The smallest absolute Gasteiger partial charge is 0.328 e. The first-order valence-corrected chi connectivity index (χ1v) is 7.78. The summed E-state index contributed by atoms with van der Waals surface area (Å²) in [6.45, 7) is 4.99. The lowest BCUT2D eigenvalue weighted by Crippen LogP contribution is -2.44. The zero-order chi connectivity index (χ0) is 17.3. The van der Waals surface area contributed by atoms with E-state index in [9.17, 15) is 9.59 Å². The van der Waals surface area contributed by atoms with Crippen molar-refractivity contribution in [3.63, 3.8) is 0 Å². The molecule has 1 saturated heterocycles. The quantitative estimate of drug-likeness (QED) is 0.612. The van der Waals surface area contributed by atoms with E-state index in [0.717, 1.165) is 26.2 Å². The molecule has 10 nitrogen and oxygen atoms in total. The predicted molar refractivity (Wildman–Crippen MR) is 89.3 cm³/mol. The van der Waals surface area contributed by atoms with Crippen LogP contribution in [0, 0.1) is 0 Å². The van der Waals surface area contributed by atoms with Gasteiger partial charge in [-0.25, -0.2) is 4.79 Å². The van der Waals surface area contributed by atoms with Crippen molar-refractivity contribution in [2.24, 2.45) is 7.05 Å². The van der Waals surface area contributed by atoms with E-state index in [-0.39, 0.29) is 11.5 Å². The lowest BCUT2D eigenvalue weighted by Gasteiger charge is -2.26. The largest absolute Gasteiger partial charge is 0.467 e. The predicted octanol–water partition coefficient (Wildman–Crippen LogP) is -0.960. The number of carbonyl (C=O) groups excluding carboxylic acids is 1. The maximum Gasteiger partial charge on any atom is 0.328 e. The first-order chi connectivity index (χ1) is 11.5. The summed E-state index contributed by atoms with van der Waals surface area (Å²) >= 11 is 0. The number of methoxy groups -OCH3 is 1. The Kier molecular flexibility index (Phi) is 4.38. The number of anilines is 2. The van der Waals surface area contributed by atoms with Gasteiger partial charge in [0.15, 0.2) is 11.2 Å². The van der Waals surface area contributed by atoms with Crippen molar-refractivity contribution < 1.29 is 9.53 Å². The zero-order valence-corrected chi connectivity index (χ0v) is 13.9. The molecular formula is C14H21N7O3. The van der Waals surface area contributed by atoms with Gasteiger partial charge in [-0.2, -0.15) is 9.97 Å². The average molecular weight is 335 g/mol. The normalized spacial score (nSPS) is 16.2. The van der Waals surface area contributed by atoms with Crippen molar-refractivity contribution in [1.82, 2.24) is 24.8 Å². The second-order valence-electron chi connectivity index (χ2n) is 5.68. The molecule has 3 heterocycles. The fourth-order valence-electron chi connectivity index (χ4n) is 2.61. The molecule has 0 bridgehead atoms. The molecule has 24 heavy (non-hydrogen) atoms. The van der Waals surface area contributed by atoms with Crippen LogP contribution < -0.4 is 21.1 Å². The third-order valence-electron chi connectivity index (χ3n) is 4.04. The minimum absolute atomic E-state index is 0.256. The van der Waals surface area contributed by atoms with Crippen LogP contribution >= 0.6 is 0 Å². The van der Waals surface area contributed by atoms with Gasteiger partial charge in [-0.15, -0.1) is 0 Å². The number of rotatable bonds is 4. The minimum Gasteiger partial charge on any atom is -0.467 e. The molecule has 1 fully saturated rings. The number of ether oxygens (including phenoxy) is 1. The number of aromatic amines is 1. The molecule has 1 unspecified atom stereocenters. The molecular weight excluding hydrogens is 314 g/mol. The molecule has 1 aliphatic heterocycles. The van der Waals surface area contributed by atoms with E-state index in [4.69, 9.17) is 0 Å². The monoisotopic (exact) mass is 335 g/mol. The van der Waals surface area contributed by atoms with Crippen molar-refractivity contribution in [3.8, 4) is 0 Å². The van der Waals surface area contributed by atoms with Crippen LogP contribution in [0.15, 0.2) is 4.79 Å². The Morgan fingerprint density at radius 3 is 2.71 bits per heavy atom. The first-order valence-electron chi connectivity index (χ1n) is 7.78. The molecule has 3 N–H and O–H groups in total. The molecule has 0 radical (unpaired) electrons. The lowest BCUT2D eigenvalue weighted by molar-refractivity contribution is -0.141. The van der Waals surface area contributed by atoms with Gasteiger partial charge in [0.05, 0.1) is 7.11 Å². The van der Waals surface area contributed by atoms with Gasteiger partial charge in [-0.1, -0.05) is 0 Å². The average Bonchev–Trinajstić information content (AvgIpc) is 3.03. The number of aromatic nitrogens is 4. The number of H-pyrrole nitrogens is 1. The van der Waals surface area contributed by atoms with Crippen molar-refractivity contribution in [1.29, 1.82) is 0 Å². The molecule has 2 aromatic rings. The molecule has 2 aromatic heterocycles. The Labute approximate surface area is 138 Å².